The molecule has 1 heterocycles. The molecule has 0 aliphatic carbocycles. The smallest absolute Gasteiger partial charge is 0.277 e. The minimum absolute atomic E-state index is 0.00164. The fourth-order valence-corrected chi connectivity index (χ4v) is 2.97. The average Bonchev–Trinajstić information content (AvgIpc) is 2.63. The van der Waals surface area contributed by atoms with Gasteiger partial charge in [-0.3, -0.25) is 9.59 Å². The number of hydrogen-bond donors (Lipinski definition) is 2. The zero-order valence-electron chi connectivity index (χ0n) is 15.4. The third-order valence-corrected chi connectivity index (χ3v) is 4.46. The molecule has 1 aromatic carbocycles. The molecule has 0 radical (unpaired) electrons. The average molecular weight is 349 g/mol. The lowest BCUT2D eigenvalue weighted by Gasteiger charge is -2.34. The number of benzene rings is 1. The van der Waals surface area contributed by atoms with Gasteiger partial charge in [0.2, 0.25) is 5.91 Å². The van der Waals surface area contributed by atoms with Crippen LogP contribution in [0.5, 0.6) is 5.75 Å². The number of carbonyl (C=O) groups excluding carboxylic acids is 2. The first-order valence-electron chi connectivity index (χ1n) is 8.80. The van der Waals surface area contributed by atoms with E-state index in [4.69, 9.17) is 4.74 Å². The Kier molecular flexibility index (Phi) is 7.06. The molecule has 0 atom stereocenters. The van der Waals surface area contributed by atoms with Crippen LogP contribution < -0.4 is 19.9 Å². The fraction of sp³-hybridized carbons (Fsp3) is 0.556. The predicted molar refractivity (Wildman–Crippen MR) is 97.1 cm³/mol. The lowest BCUT2D eigenvalue weighted by Crippen LogP contribution is -3.15. The molecule has 138 valence electrons. The molecule has 1 saturated heterocycles. The van der Waals surface area contributed by atoms with Crippen LogP contribution in [-0.2, 0) is 9.59 Å². The SMILES string of the molecule is CCOc1ccccc1N1CC[NH+](CC(=O)N(C)CC(=O)NC)CC1. The number of hydrogen-bond acceptors (Lipinski definition) is 4. The van der Waals surface area contributed by atoms with Gasteiger partial charge >= 0.3 is 0 Å². The molecule has 0 unspecified atom stereocenters. The zero-order valence-corrected chi connectivity index (χ0v) is 15.4. The van der Waals surface area contributed by atoms with Crippen molar-refractivity contribution in [2.24, 2.45) is 0 Å². The standard InChI is InChI=1S/C18H28N4O3/c1-4-25-16-8-6-5-7-15(16)22-11-9-21(10-12-22)14-18(24)20(3)13-17(23)19-2/h5-8H,4,9-14H2,1-3H3,(H,19,23)/p+1. The monoisotopic (exact) mass is 349 g/mol. The molecule has 7 heteroatoms. The molecule has 1 aliphatic rings. The topological polar surface area (TPSA) is 66.3 Å². The fourth-order valence-electron chi connectivity index (χ4n) is 2.97. The second kappa shape index (κ2) is 9.27. The molecule has 2 N–H and O–H groups in total. The Balaban J connectivity index is 1.85. The third-order valence-electron chi connectivity index (χ3n) is 4.46. The van der Waals surface area contributed by atoms with Crippen molar-refractivity contribution in [3.05, 3.63) is 24.3 Å². The molecule has 7 nitrogen and oxygen atoms in total. The first kappa shape index (κ1) is 19.1. The highest BCUT2D eigenvalue weighted by Gasteiger charge is 2.25. The summed E-state index contributed by atoms with van der Waals surface area (Å²) in [5, 5.41) is 2.54. The van der Waals surface area contributed by atoms with Crippen LogP contribution in [0, 0.1) is 0 Å². The van der Waals surface area contributed by atoms with Gasteiger partial charge in [0.05, 0.1) is 45.0 Å². The highest BCUT2D eigenvalue weighted by molar-refractivity contribution is 5.84. The number of nitrogens with zero attached hydrogens (tertiary/aromatic N) is 2. The highest BCUT2D eigenvalue weighted by Crippen LogP contribution is 2.27. The van der Waals surface area contributed by atoms with Crippen molar-refractivity contribution >= 4 is 17.5 Å². The van der Waals surface area contributed by atoms with Crippen LogP contribution in [0.25, 0.3) is 0 Å². The summed E-state index contributed by atoms with van der Waals surface area (Å²) in [6.45, 7) is 6.71. The van der Waals surface area contributed by atoms with E-state index in [1.165, 1.54) is 9.80 Å². The van der Waals surface area contributed by atoms with Crippen LogP contribution in [0.1, 0.15) is 6.92 Å². The summed E-state index contributed by atoms with van der Waals surface area (Å²) in [5.74, 6) is 0.764. The van der Waals surface area contributed by atoms with E-state index in [9.17, 15) is 9.59 Å². The summed E-state index contributed by atoms with van der Waals surface area (Å²) in [5.41, 5.74) is 1.12. The molecule has 1 fully saturated rings. The van der Waals surface area contributed by atoms with E-state index in [1.807, 2.05) is 25.1 Å². The van der Waals surface area contributed by atoms with Crippen molar-refractivity contribution in [1.82, 2.24) is 10.2 Å². The number of amides is 2. The first-order chi connectivity index (χ1) is 12.0. The molecular weight excluding hydrogens is 320 g/mol. The number of anilines is 1. The molecule has 1 aliphatic heterocycles. The molecule has 0 saturated carbocycles. The first-order valence-corrected chi connectivity index (χ1v) is 8.80. The van der Waals surface area contributed by atoms with Crippen LogP contribution >= 0.6 is 0 Å². The molecule has 2 rings (SSSR count). The van der Waals surface area contributed by atoms with Gasteiger partial charge in [-0.15, -0.1) is 0 Å². The largest absolute Gasteiger partial charge is 0.492 e. The van der Waals surface area contributed by atoms with Crippen molar-refractivity contribution in [2.45, 2.75) is 6.92 Å². The molecular formula is C18H29N4O3+. The van der Waals surface area contributed by atoms with Gasteiger partial charge in [0.1, 0.15) is 5.75 Å². The minimum atomic E-state index is -0.150. The zero-order chi connectivity index (χ0) is 18.2. The van der Waals surface area contributed by atoms with Crippen molar-refractivity contribution in [3.63, 3.8) is 0 Å². The summed E-state index contributed by atoms with van der Waals surface area (Å²) in [7, 11) is 3.25. The van der Waals surface area contributed by atoms with Crippen molar-refractivity contribution in [1.29, 1.82) is 0 Å². The number of piperazine rings is 1. The number of rotatable bonds is 7. The Labute approximate surface area is 149 Å². The Hall–Kier alpha value is -2.28. The predicted octanol–water partition coefficient (Wildman–Crippen LogP) is -1.01. The number of para-hydroxylation sites is 2. The van der Waals surface area contributed by atoms with Gasteiger partial charge in [0, 0.05) is 14.1 Å². The quantitative estimate of drug-likeness (QED) is 0.662. The Morgan fingerprint density at radius 3 is 2.60 bits per heavy atom. The maximum atomic E-state index is 12.2. The van der Waals surface area contributed by atoms with Gasteiger partial charge in [-0.2, -0.15) is 0 Å². The second-order valence-electron chi connectivity index (χ2n) is 6.24. The summed E-state index contributed by atoms with van der Waals surface area (Å²) < 4.78 is 5.71. The Morgan fingerprint density at radius 1 is 1.28 bits per heavy atom. The van der Waals surface area contributed by atoms with Gasteiger partial charge in [-0.1, -0.05) is 12.1 Å². The molecule has 2 amide bonds. The summed E-state index contributed by atoms with van der Waals surface area (Å²) in [4.78, 5) is 28.7. The third kappa shape index (κ3) is 5.35. The molecule has 1 aromatic rings. The van der Waals surface area contributed by atoms with Crippen LogP contribution in [0.3, 0.4) is 0 Å². The van der Waals surface area contributed by atoms with Crippen LogP contribution in [-0.4, -0.2) is 76.7 Å². The van der Waals surface area contributed by atoms with Crippen LogP contribution in [0.4, 0.5) is 5.69 Å². The number of likely N-dealkylation sites (N-methyl/N-ethyl adjacent to an activating group) is 2. The molecule has 25 heavy (non-hydrogen) atoms. The Morgan fingerprint density at radius 2 is 1.96 bits per heavy atom. The van der Waals surface area contributed by atoms with E-state index >= 15 is 0 Å². The van der Waals surface area contributed by atoms with Crippen LogP contribution in [0.2, 0.25) is 0 Å². The minimum Gasteiger partial charge on any atom is -0.492 e. The van der Waals surface area contributed by atoms with E-state index in [2.05, 4.69) is 16.3 Å². The van der Waals surface area contributed by atoms with Gasteiger partial charge in [0.25, 0.3) is 5.91 Å². The van der Waals surface area contributed by atoms with E-state index in [1.54, 1.807) is 14.1 Å². The van der Waals surface area contributed by atoms with Gasteiger partial charge in [0.15, 0.2) is 6.54 Å². The normalized spacial score (nSPS) is 14.9. The van der Waals surface area contributed by atoms with E-state index in [-0.39, 0.29) is 18.4 Å². The number of nitrogens with one attached hydrogen (secondary N) is 2. The van der Waals surface area contributed by atoms with Crippen molar-refractivity contribution in [2.75, 3.05) is 64.9 Å². The van der Waals surface area contributed by atoms with Crippen molar-refractivity contribution < 1.29 is 19.2 Å². The van der Waals surface area contributed by atoms with E-state index in [0.717, 1.165) is 37.6 Å². The summed E-state index contributed by atoms with van der Waals surface area (Å²) in [6, 6.07) is 8.08. The maximum Gasteiger partial charge on any atom is 0.277 e. The number of quaternary nitrogens is 1. The molecule has 0 bridgehead atoms. The van der Waals surface area contributed by atoms with Crippen LogP contribution in [0.15, 0.2) is 24.3 Å². The maximum absolute atomic E-state index is 12.2. The lowest BCUT2D eigenvalue weighted by atomic mass is 10.2. The van der Waals surface area contributed by atoms with Crippen molar-refractivity contribution in [3.8, 4) is 5.75 Å². The van der Waals surface area contributed by atoms with E-state index < -0.39 is 0 Å². The summed E-state index contributed by atoms with van der Waals surface area (Å²) >= 11 is 0. The number of ether oxygens (including phenoxy) is 1. The van der Waals surface area contributed by atoms with Gasteiger partial charge < -0.3 is 24.8 Å². The summed E-state index contributed by atoms with van der Waals surface area (Å²) in [6.07, 6.45) is 0. The van der Waals surface area contributed by atoms with Gasteiger partial charge in [-0.05, 0) is 19.1 Å². The number of carbonyl (C=O) groups is 2. The Bertz CT molecular complexity index is 585. The van der Waals surface area contributed by atoms with E-state index in [0.29, 0.717) is 13.2 Å². The molecule has 0 spiro atoms. The molecule has 0 aromatic heterocycles. The van der Waals surface area contributed by atoms with Gasteiger partial charge in [-0.25, -0.2) is 0 Å². The lowest BCUT2D eigenvalue weighted by molar-refractivity contribution is -0.892. The second-order valence-corrected chi connectivity index (χ2v) is 6.24. The highest BCUT2D eigenvalue weighted by atomic mass is 16.5.